The van der Waals surface area contributed by atoms with Crippen LogP contribution in [0.2, 0.25) is 0 Å². The lowest BCUT2D eigenvalue weighted by atomic mass is 9.94. The normalized spacial score (nSPS) is 18.2. The van der Waals surface area contributed by atoms with E-state index in [1.165, 1.54) is 0 Å². The topological polar surface area (TPSA) is 69.6 Å². The number of aldehydes is 1. The Kier molecular flexibility index (Phi) is 5.50. The summed E-state index contributed by atoms with van der Waals surface area (Å²) < 4.78 is 0. The lowest BCUT2D eigenvalue weighted by Gasteiger charge is -2.39. The molecular formula is C21H25N5O2. The second-order valence-corrected chi connectivity index (χ2v) is 7.35. The first-order chi connectivity index (χ1) is 13.7. The second kappa shape index (κ2) is 8.37. The van der Waals surface area contributed by atoms with E-state index in [9.17, 15) is 9.59 Å². The molecule has 0 saturated carbocycles. The molecule has 0 spiro atoms. The number of amides is 1. The molecule has 2 aliphatic rings. The molecule has 146 valence electrons. The quantitative estimate of drug-likeness (QED) is 0.755. The third-order valence-corrected chi connectivity index (χ3v) is 5.70. The van der Waals surface area contributed by atoms with Crippen molar-refractivity contribution in [2.24, 2.45) is 5.92 Å². The molecule has 2 fully saturated rings. The van der Waals surface area contributed by atoms with E-state index in [1.807, 2.05) is 29.2 Å². The highest BCUT2D eigenvalue weighted by Gasteiger charge is 2.30. The summed E-state index contributed by atoms with van der Waals surface area (Å²) in [6.07, 6.45) is 7.75. The Morgan fingerprint density at radius 3 is 2.25 bits per heavy atom. The van der Waals surface area contributed by atoms with E-state index in [0.29, 0.717) is 5.56 Å². The van der Waals surface area contributed by atoms with Gasteiger partial charge in [0.05, 0.1) is 6.20 Å². The number of hydrogen-bond acceptors (Lipinski definition) is 6. The van der Waals surface area contributed by atoms with Gasteiger partial charge < -0.3 is 14.7 Å². The average molecular weight is 379 g/mol. The van der Waals surface area contributed by atoms with E-state index >= 15 is 0 Å². The third kappa shape index (κ3) is 3.98. The molecule has 28 heavy (non-hydrogen) atoms. The Morgan fingerprint density at radius 2 is 1.64 bits per heavy atom. The van der Waals surface area contributed by atoms with Gasteiger partial charge in [-0.25, -0.2) is 4.98 Å². The number of benzene rings is 1. The van der Waals surface area contributed by atoms with Gasteiger partial charge in [-0.2, -0.15) is 0 Å². The van der Waals surface area contributed by atoms with Crippen LogP contribution in [0.4, 0.5) is 11.5 Å². The summed E-state index contributed by atoms with van der Waals surface area (Å²) in [4.78, 5) is 38.7. The number of piperazine rings is 1. The summed E-state index contributed by atoms with van der Waals surface area (Å²) >= 11 is 0. The zero-order chi connectivity index (χ0) is 19.3. The molecule has 0 unspecified atom stereocenters. The highest BCUT2D eigenvalue weighted by Crippen LogP contribution is 2.25. The van der Waals surface area contributed by atoms with Crippen molar-refractivity contribution in [2.75, 3.05) is 49.1 Å². The van der Waals surface area contributed by atoms with Crippen LogP contribution in [0.5, 0.6) is 0 Å². The molecule has 4 rings (SSSR count). The van der Waals surface area contributed by atoms with E-state index in [0.717, 1.165) is 69.9 Å². The highest BCUT2D eigenvalue weighted by molar-refractivity contribution is 5.79. The molecule has 1 aromatic carbocycles. The van der Waals surface area contributed by atoms with E-state index in [4.69, 9.17) is 0 Å². The van der Waals surface area contributed by atoms with E-state index in [1.54, 1.807) is 18.6 Å². The number of rotatable bonds is 4. The van der Waals surface area contributed by atoms with Crippen LogP contribution >= 0.6 is 0 Å². The number of aromatic nitrogens is 2. The Morgan fingerprint density at radius 1 is 0.929 bits per heavy atom. The first-order valence-corrected chi connectivity index (χ1v) is 9.84. The van der Waals surface area contributed by atoms with Gasteiger partial charge in [-0.15, -0.1) is 0 Å². The van der Waals surface area contributed by atoms with E-state index in [2.05, 4.69) is 19.8 Å². The average Bonchev–Trinajstić information content (AvgIpc) is 2.79. The molecule has 7 heteroatoms. The maximum absolute atomic E-state index is 12.9. The molecule has 7 nitrogen and oxygen atoms in total. The smallest absolute Gasteiger partial charge is 0.225 e. The van der Waals surface area contributed by atoms with Crippen LogP contribution in [0.25, 0.3) is 0 Å². The van der Waals surface area contributed by atoms with Gasteiger partial charge in [0.25, 0.3) is 0 Å². The largest absolute Gasteiger partial charge is 0.371 e. The zero-order valence-electron chi connectivity index (χ0n) is 15.9. The Balaban J connectivity index is 1.28. The molecule has 0 bridgehead atoms. The second-order valence-electron chi connectivity index (χ2n) is 7.35. The van der Waals surface area contributed by atoms with E-state index < -0.39 is 0 Å². The number of nitrogens with zero attached hydrogens (tertiary/aromatic N) is 5. The molecule has 2 saturated heterocycles. The van der Waals surface area contributed by atoms with Crippen LogP contribution < -0.4 is 9.80 Å². The van der Waals surface area contributed by atoms with Gasteiger partial charge in [0.15, 0.2) is 0 Å². The van der Waals surface area contributed by atoms with Crippen molar-refractivity contribution < 1.29 is 9.59 Å². The summed E-state index contributed by atoms with van der Waals surface area (Å²) in [6, 6.07) is 7.65. The minimum Gasteiger partial charge on any atom is -0.371 e. The first kappa shape index (κ1) is 18.4. The Hall–Kier alpha value is -2.96. The lowest BCUT2D eigenvalue weighted by Crippen LogP contribution is -2.52. The van der Waals surface area contributed by atoms with Crippen LogP contribution in [-0.2, 0) is 4.79 Å². The van der Waals surface area contributed by atoms with Gasteiger partial charge in [-0.05, 0) is 37.1 Å². The van der Waals surface area contributed by atoms with Gasteiger partial charge in [0.1, 0.15) is 12.1 Å². The van der Waals surface area contributed by atoms with Crippen molar-refractivity contribution in [1.29, 1.82) is 0 Å². The van der Waals surface area contributed by atoms with Gasteiger partial charge >= 0.3 is 0 Å². The SMILES string of the molecule is O=Cc1ccc(N2CCC(C(=O)N3CCN(c4cnccn4)CC3)CC2)cc1. The highest BCUT2D eigenvalue weighted by atomic mass is 16.2. The molecule has 1 amide bonds. The van der Waals surface area contributed by atoms with Gasteiger partial charge in [-0.3, -0.25) is 14.6 Å². The van der Waals surface area contributed by atoms with Gasteiger partial charge in [-0.1, -0.05) is 0 Å². The zero-order valence-corrected chi connectivity index (χ0v) is 15.9. The number of carbonyl (C=O) groups excluding carboxylic acids is 2. The van der Waals surface area contributed by atoms with Gasteiger partial charge in [0.2, 0.25) is 5.91 Å². The standard InChI is InChI=1S/C21H25N5O2/c27-16-17-1-3-19(4-2-17)24-9-5-18(6-10-24)21(28)26-13-11-25(12-14-26)20-15-22-7-8-23-20/h1-4,7-8,15-16,18H,5-6,9-14H2. The molecule has 0 aliphatic carbocycles. The van der Waals surface area contributed by atoms with Crippen molar-refractivity contribution in [2.45, 2.75) is 12.8 Å². The first-order valence-electron chi connectivity index (χ1n) is 9.84. The Bertz CT molecular complexity index is 795. The molecule has 3 heterocycles. The summed E-state index contributed by atoms with van der Waals surface area (Å²) in [5.74, 6) is 1.27. The van der Waals surface area contributed by atoms with Crippen LogP contribution in [-0.4, -0.2) is 66.3 Å². The van der Waals surface area contributed by atoms with Crippen LogP contribution in [0, 0.1) is 5.92 Å². The molecule has 0 radical (unpaired) electrons. The van der Waals surface area contributed by atoms with Crippen LogP contribution in [0.3, 0.4) is 0 Å². The molecular weight excluding hydrogens is 354 g/mol. The fourth-order valence-corrected chi connectivity index (χ4v) is 4.02. The fourth-order valence-electron chi connectivity index (χ4n) is 4.02. The summed E-state index contributed by atoms with van der Waals surface area (Å²) in [5, 5.41) is 0. The number of piperidine rings is 1. The Labute approximate surface area is 165 Å². The third-order valence-electron chi connectivity index (χ3n) is 5.70. The lowest BCUT2D eigenvalue weighted by molar-refractivity contribution is -0.136. The molecule has 1 aromatic heterocycles. The molecule has 2 aliphatic heterocycles. The van der Waals surface area contributed by atoms with Crippen LogP contribution in [0.15, 0.2) is 42.9 Å². The van der Waals surface area contributed by atoms with Crippen molar-refractivity contribution in [3.63, 3.8) is 0 Å². The summed E-state index contributed by atoms with van der Waals surface area (Å²) in [6.45, 7) is 4.82. The summed E-state index contributed by atoms with van der Waals surface area (Å²) in [5.41, 5.74) is 1.81. The van der Waals surface area contributed by atoms with Crippen molar-refractivity contribution in [3.05, 3.63) is 48.4 Å². The summed E-state index contributed by atoms with van der Waals surface area (Å²) in [7, 11) is 0. The van der Waals surface area contributed by atoms with Crippen molar-refractivity contribution in [3.8, 4) is 0 Å². The predicted octanol–water partition coefficient (Wildman–Crippen LogP) is 1.85. The number of anilines is 2. The number of hydrogen-bond donors (Lipinski definition) is 0. The predicted molar refractivity (Wildman–Crippen MR) is 108 cm³/mol. The van der Waals surface area contributed by atoms with Crippen molar-refractivity contribution in [1.82, 2.24) is 14.9 Å². The molecule has 2 aromatic rings. The van der Waals surface area contributed by atoms with Crippen molar-refractivity contribution >= 4 is 23.7 Å². The minimum absolute atomic E-state index is 0.105. The fraction of sp³-hybridized carbons (Fsp3) is 0.429. The number of carbonyl (C=O) groups is 2. The van der Waals surface area contributed by atoms with Gasteiger partial charge in [0, 0.05) is 68.8 Å². The van der Waals surface area contributed by atoms with E-state index in [-0.39, 0.29) is 11.8 Å². The monoisotopic (exact) mass is 379 g/mol. The maximum Gasteiger partial charge on any atom is 0.225 e. The minimum atomic E-state index is 0.105. The van der Waals surface area contributed by atoms with Crippen LogP contribution in [0.1, 0.15) is 23.2 Å². The molecule has 0 N–H and O–H groups in total. The molecule has 0 atom stereocenters. The maximum atomic E-state index is 12.9.